The van der Waals surface area contributed by atoms with E-state index in [1.165, 1.54) is 41.1 Å². The molecule has 1 amide bonds. The van der Waals surface area contributed by atoms with E-state index in [1.54, 1.807) is 12.1 Å². The largest absolute Gasteiger partial charge is 0.476 e. The molecule has 1 fully saturated rings. The molecule has 4 rings (SSSR count). The van der Waals surface area contributed by atoms with Crippen LogP contribution in [-0.4, -0.2) is 88.1 Å². The van der Waals surface area contributed by atoms with Gasteiger partial charge in [-0.05, 0) is 36.4 Å². The van der Waals surface area contributed by atoms with E-state index < -0.39 is 66.5 Å². The van der Waals surface area contributed by atoms with Gasteiger partial charge < -0.3 is 43.2 Å². The maximum absolute atomic E-state index is 12.9. The SMILES string of the molecule is COC(=O)[C@H]1O[C@@H](Oc2ccc(C(=O)Nc3ccc4nc(C(=O)O)cn4c3)cc2)[C@H](OC(C)=O)[C@@H](OC(C)=O)[C@@H]1OC(C)=O. The second kappa shape index (κ2) is 13.2. The zero-order chi connectivity index (χ0) is 32.1. The van der Waals surface area contributed by atoms with E-state index in [0.717, 1.165) is 27.9 Å². The van der Waals surface area contributed by atoms with Gasteiger partial charge in [0.2, 0.25) is 12.4 Å². The van der Waals surface area contributed by atoms with Crippen molar-refractivity contribution in [3.8, 4) is 5.75 Å². The second-order valence-corrected chi connectivity index (χ2v) is 9.38. The first-order chi connectivity index (χ1) is 20.9. The van der Waals surface area contributed by atoms with E-state index in [1.807, 2.05) is 0 Å². The lowest BCUT2D eigenvalue weighted by molar-refractivity contribution is -0.282. The van der Waals surface area contributed by atoms with Gasteiger partial charge in [-0.25, -0.2) is 14.6 Å². The third-order valence-corrected chi connectivity index (χ3v) is 6.13. The molecule has 44 heavy (non-hydrogen) atoms. The van der Waals surface area contributed by atoms with Crippen LogP contribution in [0.1, 0.15) is 41.6 Å². The molecule has 3 aromatic rings. The van der Waals surface area contributed by atoms with Gasteiger partial charge in [0.1, 0.15) is 11.4 Å². The van der Waals surface area contributed by atoms with Gasteiger partial charge in [-0.1, -0.05) is 0 Å². The van der Waals surface area contributed by atoms with Gasteiger partial charge >= 0.3 is 29.8 Å². The fourth-order valence-corrected chi connectivity index (χ4v) is 4.37. The molecule has 2 N–H and O–H groups in total. The number of benzene rings is 1. The van der Waals surface area contributed by atoms with E-state index in [-0.39, 0.29) is 17.0 Å². The zero-order valence-electron chi connectivity index (χ0n) is 23.7. The number of carbonyl (C=O) groups excluding carboxylic acids is 5. The summed E-state index contributed by atoms with van der Waals surface area (Å²) in [5.41, 5.74) is 0.796. The normalized spacial score (nSPS) is 21.0. The first-order valence-corrected chi connectivity index (χ1v) is 12.9. The van der Waals surface area contributed by atoms with Crippen LogP contribution in [0.3, 0.4) is 0 Å². The molecule has 3 heterocycles. The van der Waals surface area contributed by atoms with Crippen LogP contribution in [0.5, 0.6) is 5.75 Å². The number of carboxylic acids is 1. The van der Waals surface area contributed by atoms with Crippen molar-refractivity contribution in [2.45, 2.75) is 51.5 Å². The molecule has 232 valence electrons. The number of hydrogen-bond donors (Lipinski definition) is 2. The lowest BCUT2D eigenvalue weighted by atomic mass is 9.97. The van der Waals surface area contributed by atoms with Crippen molar-refractivity contribution in [2.75, 3.05) is 12.4 Å². The van der Waals surface area contributed by atoms with Gasteiger partial charge in [-0.15, -0.1) is 0 Å². The van der Waals surface area contributed by atoms with Crippen LogP contribution in [0.2, 0.25) is 0 Å². The molecule has 0 radical (unpaired) electrons. The number of carbonyl (C=O) groups is 6. The van der Waals surface area contributed by atoms with Crippen molar-refractivity contribution >= 4 is 47.1 Å². The van der Waals surface area contributed by atoms with E-state index in [9.17, 15) is 28.8 Å². The molecule has 0 spiro atoms. The number of pyridine rings is 1. The Balaban J connectivity index is 1.55. The van der Waals surface area contributed by atoms with Crippen LogP contribution in [-0.2, 0) is 42.9 Å². The lowest BCUT2D eigenvalue weighted by Gasteiger charge is -2.43. The Kier molecular flexibility index (Phi) is 9.43. The predicted octanol–water partition coefficient (Wildman–Crippen LogP) is 1.36. The van der Waals surface area contributed by atoms with Gasteiger partial charge in [0, 0.05) is 38.7 Å². The first-order valence-electron chi connectivity index (χ1n) is 12.9. The summed E-state index contributed by atoms with van der Waals surface area (Å²) in [5.74, 6) is -5.07. The number of hydrogen-bond acceptors (Lipinski definition) is 13. The van der Waals surface area contributed by atoms with Crippen molar-refractivity contribution in [3.05, 3.63) is 60.0 Å². The van der Waals surface area contributed by atoms with Crippen molar-refractivity contribution in [2.24, 2.45) is 0 Å². The van der Waals surface area contributed by atoms with Crippen molar-refractivity contribution in [1.29, 1.82) is 0 Å². The molecule has 1 aliphatic heterocycles. The molecule has 2 aromatic heterocycles. The highest BCUT2D eigenvalue weighted by atomic mass is 16.7. The number of aromatic nitrogens is 2. The highest BCUT2D eigenvalue weighted by Crippen LogP contribution is 2.31. The molecular formula is C28H27N3O13. The number of carboxylic acid groups (broad SMARTS) is 1. The smallest absolute Gasteiger partial charge is 0.356 e. The maximum atomic E-state index is 12.9. The van der Waals surface area contributed by atoms with E-state index in [4.69, 9.17) is 33.5 Å². The quantitative estimate of drug-likeness (QED) is 0.258. The van der Waals surface area contributed by atoms with Gasteiger partial charge in [0.15, 0.2) is 24.0 Å². The number of fused-ring (bicyclic) bond motifs is 1. The minimum Gasteiger partial charge on any atom is -0.476 e. The fourth-order valence-electron chi connectivity index (χ4n) is 4.37. The topological polar surface area (TPSA) is 207 Å². The number of imidazole rings is 1. The molecule has 1 aliphatic rings. The Morgan fingerprint density at radius 2 is 1.45 bits per heavy atom. The monoisotopic (exact) mass is 613 g/mol. The van der Waals surface area contributed by atoms with Crippen LogP contribution in [0.4, 0.5) is 5.69 Å². The predicted molar refractivity (Wildman–Crippen MR) is 145 cm³/mol. The van der Waals surface area contributed by atoms with Crippen molar-refractivity contribution < 1.29 is 62.3 Å². The molecule has 0 saturated carbocycles. The molecule has 1 aromatic carbocycles. The number of rotatable bonds is 9. The third kappa shape index (κ3) is 7.27. The molecular weight excluding hydrogens is 586 g/mol. The molecule has 16 heteroatoms. The lowest BCUT2D eigenvalue weighted by Crippen LogP contribution is -2.64. The van der Waals surface area contributed by atoms with Crippen LogP contribution in [0, 0.1) is 0 Å². The average molecular weight is 614 g/mol. The highest BCUT2D eigenvalue weighted by Gasteiger charge is 2.55. The first kappa shape index (κ1) is 31.4. The number of aromatic carboxylic acids is 1. The number of nitrogens with one attached hydrogen (secondary N) is 1. The van der Waals surface area contributed by atoms with Crippen LogP contribution >= 0.6 is 0 Å². The van der Waals surface area contributed by atoms with Gasteiger partial charge in [-0.2, -0.15) is 0 Å². The Labute approximate surface area is 248 Å². The second-order valence-electron chi connectivity index (χ2n) is 9.38. The summed E-state index contributed by atoms with van der Waals surface area (Å²) in [4.78, 5) is 76.3. The molecule has 5 atom stereocenters. The molecule has 0 aliphatic carbocycles. The standard InChI is InChI=1S/C28H27N3O13/c1-13(32)40-21-22(41-14(2)33)24(42-15(3)34)28(44-23(21)27(38)39-4)43-18-8-5-16(6-9-18)25(35)29-17-7-10-20-30-19(26(36)37)12-31(20)11-17/h5-12,21-24,28H,1-4H3,(H,29,35)(H,36,37)/t21-,22-,23-,24+,28+/m0/s1. The summed E-state index contributed by atoms with van der Waals surface area (Å²) in [5, 5.41) is 11.8. The van der Waals surface area contributed by atoms with Crippen molar-refractivity contribution in [1.82, 2.24) is 9.38 Å². The summed E-state index contributed by atoms with van der Waals surface area (Å²) < 4.78 is 33.6. The van der Waals surface area contributed by atoms with E-state index >= 15 is 0 Å². The zero-order valence-corrected chi connectivity index (χ0v) is 23.7. The average Bonchev–Trinajstić information content (AvgIpc) is 3.39. The van der Waals surface area contributed by atoms with E-state index in [2.05, 4.69) is 10.3 Å². The fraction of sp³-hybridized carbons (Fsp3) is 0.321. The molecule has 0 unspecified atom stereocenters. The number of amides is 1. The number of methoxy groups -OCH3 is 1. The Bertz CT molecular complexity index is 1600. The van der Waals surface area contributed by atoms with E-state index in [0.29, 0.717) is 11.3 Å². The number of esters is 4. The Morgan fingerprint density at radius 3 is 2.05 bits per heavy atom. The summed E-state index contributed by atoms with van der Waals surface area (Å²) in [6.07, 6.45) is -4.94. The van der Waals surface area contributed by atoms with Crippen LogP contribution in [0.15, 0.2) is 48.8 Å². The van der Waals surface area contributed by atoms with Crippen molar-refractivity contribution in [3.63, 3.8) is 0 Å². The summed E-state index contributed by atoms with van der Waals surface area (Å²) in [6, 6.07) is 8.71. The number of anilines is 1. The highest BCUT2D eigenvalue weighted by molar-refractivity contribution is 6.04. The molecule has 1 saturated heterocycles. The molecule has 16 nitrogen and oxygen atoms in total. The third-order valence-electron chi connectivity index (χ3n) is 6.13. The Hall–Kier alpha value is -5.51. The Morgan fingerprint density at radius 1 is 0.841 bits per heavy atom. The minimum atomic E-state index is -1.63. The summed E-state index contributed by atoms with van der Waals surface area (Å²) >= 11 is 0. The van der Waals surface area contributed by atoms with Gasteiger partial charge in [0.25, 0.3) is 5.91 Å². The molecule has 0 bridgehead atoms. The maximum Gasteiger partial charge on any atom is 0.356 e. The van der Waals surface area contributed by atoms with Crippen LogP contribution in [0.25, 0.3) is 5.65 Å². The minimum absolute atomic E-state index is 0.0980. The summed E-state index contributed by atoms with van der Waals surface area (Å²) in [6.45, 7) is 3.21. The summed E-state index contributed by atoms with van der Waals surface area (Å²) in [7, 11) is 1.07. The number of ether oxygens (including phenoxy) is 6. The van der Waals surface area contributed by atoms with Gasteiger partial charge in [0.05, 0.1) is 12.8 Å². The van der Waals surface area contributed by atoms with Gasteiger partial charge in [-0.3, -0.25) is 19.2 Å². The van der Waals surface area contributed by atoms with Crippen LogP contribution < -0.4 is 10.1 Å². The number of nitrogens with zero attached hydrogens (tertiary/aromatic N) is 2.